The summed E-state index contributed by atoms with van der Waals surface area (Å²) >= 11 is 0. The van der Waals surface area contributed by atoms with E-state index in [1.165, 1.54) is 48.5 Å². The van der Waals surface area contributed by atoms with Gasteiger partial charge in [-0.05, 0) is 97.0 Å². The van der Waals surface area contributed by atoms with E-state index in [1.807, 2.05) is 27.7 Å². The molecule has 2 aromatic carbocycles. The lowest BCUT2D eigenvalue weighted by Crippen LogP contribution is -2.47. The topological polar surface area (TPSA) is 127 Å². The van der Waals surface area contributed by atoms with Crippen LogP contribution in [0.3, 0.4) is 0 Å². The van der Waals surface area contributed by atoms with E-state index < -0.39 is 29.5 Å². The van der Waals surface area contributed by atoms with E-state index in [9.17, 15) is 28.0 Å². The third kappa shape index (κ3) is 11.9. The van der Waals surface area contributed by atoms with Gasteiger partial charge in [-0.3, -0.25) is 24.4 Å². The number of benzene rings is 2. The quantitative estimate of drug-likeness (QED) is 0.0985. The number of ether oxygens (including phenoxy) is 3. The van der Waals surface area contributed by atoms with Gasteiger partial charge in [0, 0.05) is 29.8 Å². The van der Waals surface area contributed by atoms with Crippen LogP contribution in [0.5, 0.6) is 0 Å². The minimum Gasteiger partial charge on any atom is -0.466 e. The lowest BCUT2D eigenvalue weighted by molar-refractivity contribution is -0.151. The maximum atomic E-state index is 13.2. The van der Waals surface area contributed by atoms with E-state index in [-0.39, 0.29) is 61.4 Å². The van der Waals surface area contributed by atoms with Gasteiger partial charge in [0.15, 0.2) is 11.5 Å². The Hall–Kier alpha value is -4.68. The second-order valence-electron chi connectivity index (χ2n) is 10.8. The maximum Gasteiger partial charge on any atom is 0.359 e. The summed E-state index contributed by atoms with van der Waals surface area (Å²) < 4.78 is 41.2. The number of hydrogen-bond acceptors (Lipinski definition) is 11. The van der Waals surface area contributed by atoms with Gasteiger partial charge in [0.05, 0.1) is 32.8 Å². The highest BCUT2D eigenvalue weighted by molar-refractivity contribution is 6.49. The zero-order valence-corrected chi connectivity index (χ0v) is 28.0. The Morgan fingerprint density at radius 3 is 1.96 bits per heavy atom. The molecule has 1 unspecified atom stereocenters. The molecule has 0 aliphatic carbocycles. The van der Waals surface area contributed by atoms with Crippen molar-refractivity contribution in [3.8, 4) is 0 Å². The molecule has 0 radical (unpaired) electrons. The summed E-state index contributed by atoms with van der Waals surface area (Å²) in [6.45, 7) is 14.0. The van der Waals surface area contributed by atoms with Crippen molar-refractivity contribution in [1.82, 2.24) is 10.0 Å². The molecule has 0 spiro atoms. The Balaban J connectivity index is 0.000000329. The zero-order valence-electron chi connectivity index (χ0n) is 28.0. The average molecular weight is 659 g/mol. The standard InChI is InChI=1S/C18H25FN2O4.C16H19FN2O3/c1-5-24-16(22)11-12-21(13(3)4)20-17(18(23)25-6-2)14-7-9-15(19)10-8-14;1-4-22-16(21)13-9-19(10(2)3)18-14(15(13)20)11-5-7-12(17)8-6-11/h7-10,13H,5-6,11-12H2,1-4H3;5-8,10,13H,4,9H2,1-3H3/b20-17-;. The fourth-order valence-corrected chi connectivity index (χ4v) is 4.23. The first-order valence-electron chi connectivity index (χ1n) is 15.6. The molecular formula is C34H44F2N4O7. The molecule has 13 heteroatoms. The SMILES string of the molecule is CCOC(=O)C1CN(C(C)C)N=C(c2ccc(F)cc2)C1=O.CCOC(=O)CCN(/N=C(\C(=O)OCC)c1ccc(F)cc1)C(C)C. The van der Waals surface area contributed by atoms with E-state index in [0.717, 1.165) is 0 Å². The van der Waals surface area contributed by atoms with Crippen LogP contribution in [0.15, 0.2) is 58.7 Å². The van der Waals surface area contributed by atoms with E-state index in [1.54, 1.807) is 30.8 Å². The Labute approximate surface area is 274 Å². The van der Waals surface area contributed by atoms with Crippen LogP contribution in [0.25, 0.3) is 0 Å². The van der Waals surface area contributed by atoms with Crippen LogP contribution in [-0.2, 0) is 33.4 Å². The number of esters is 3. The van der Waals surface area contributed by atoms with Crippen molar-refractivity contribution in [2.45, 2.75) is 67.0 Å². The van der Waals surface area contributed by atoms with Crippen LogP contribution < -0.4 is 0 Å². The first-order valence-corrected chi connectivity index (χ1v) is 15.6. The molecule has 256 valence electrons. The second-order valence-corrected chi connectivity index (χ2v) is 10.8. The molecule has 0 N–H and O–H groups in total. The van der Waals surface area contributed by atoms with Gasteiger partial charge < -0.3 is 14.2 Å². The van der Waals surface area contributed by atoms with Crippen LogP contribution in [0.4, 0.5) is 8.78 Å². The highest BCUT2D eigenvalue weighted by Gasteiger charge is 2.38. The minimum absolute atomic E-state index is 0.0282. The van der Waals surface area contributed by atoms with Gasteiger partial charge in [-0.2, -0.15) is 10.2 Å². The van der Waals surface area contributed by atoms with Crippen molar-refractivity contribution in [2.24, 2.45) is 16.1 Å². The first-order chi connectivity index (χ1) is 22.3. The summed E-state index contributed by atoms with van der Waals surface area (Å²) in [6.07, 6.45) is 0.148. The van der Waals surface area contributed by atoms with Gasteiger partial charge in [0.2, 0.25) is 0 Å². The second kappa shape index (κ2) is 19.1. The number of carbonyl (C=O) groups excluding carboxylic acids is 4. The summed E-state index contributed by atoms with van der Waals surface area (Å²) in [5.41, 5.74) is 1.17. The van der Waals surface area contributed by atoms with E-state index in [2.05, 4.69) is 10.2 Å². The molecule has 1 heterocycles. The molecule has 0 fully saturated rings. The minimum atomic E-state index is -0.903. The number of rotatable bonds is 13. The van der Waals surface area contributed by atoms with Gasteiger partial charge in [-0.15, -0.1) is 0 Å². The predicted octanol–water partition coefficient (Wildman–Crippen LogP) is 4.76. The van der Waals surface area contributed by atoms with Crippen molar-refractivity contribution in [2.75, 3.05) is 32.9 Å². The Morgan fingerprint density at radius 2 is 1.45 bits per heavy atom. The zero-order chi connectivity index (χ0) is 35.1. The molecule has 0 bridgehead atoms. The Kier molecular flexibility index (Phi) is 15.6. The lowest BCUT2D eigenvalue weighted by Gasteiger charge is -2.32. The summed E-state index contributed by atoms with van der Waals surface area (Å²) in [4.78, 5) is 48.4. The van der Waals surface area contributed by atoms with Crippen molar-refractivity contribution < 1.29 is 42.2 Å². The fraction of sp³-hybridized carbons (Fsp3) is 0.471. The largest absolute Gasteiger partial charge is 0.466 e. The molecule has 1 atom stereocenters. The summed E-state index contributed by atoms with van der Waals surface area (Å²) in [5.74, 6) is -3.57. The van der Waals surface area contributed by atoms with Crippen LogP contribution in [0, 0.1) is 17.6 Å². The number of carbonyl (C=O) groups is 4. The molecule has 0 saturated carbocycles. The van der Waals surface area contributed by atoms with Gasteiger partial charge in [-0.1, -0.05) is 0 Å². The van der Waals surface area contributed by atoms with Crippen molar-refractivity contribution in [3.63, 3.8) is 0 Å². The first kappa shape index (κ1) is 38.5. The van der Waals surface area contributed by atoms with Gasteiger partial charge >= 0.3 is 17.9 Å². The predicted molar refractivity (Wildman–Crippen MR) is 173 cm³/mol. The molecule has 2 aromatic rings. The third-order valence-corrected chi connectivity index (χ3v) is 6.69. The van der Waals surface area contributed by atoms with Crippen molar-refractivity contribution in [3.05, 3.63) is 71.3 Å². The van der Waals surface area contributed by atoms with Gasteiger partial charge in [-0.25, -0.2) is 13.6 Å². The number of halogens is 2. The van der Waals surface area contributed by atoms with Crippen molar-refractivity contribution >= 4 is 35.1 Å². The average Bonchev–Trinajstić information content (AvgIpc) is 3.02. The summed E-state index contributed by atoms with van der Waals surface area (Å²) in [6, 6.07) is 10.9. The molecule has 0 saturated heterocycles. The molecular weight excluding hydrogens is 614 g/mol. The Bertz CT molecular complexity index is 1410. The molecule has 3 rings (SSSR count). The molecule has 1 aliphatic heterocycles. The van der Waals surface area contributed by atoms with Crippen LogP contribution in [0.1, 0.15) is 66.0 Å². The Morgan fingerprint density at radius 1 is 0.894 bits per heavy atom. The van der Waals surface area contributed by atoms with Gasteiger partial charge in [0.25, 0.3) is 0 Å². The van der Waals surface area contributed by atoms with E-state index in [4.69, 9.17) is 14.2 Å². The van der Waals surface area contributed by atoms with Crippen molar-refractivity contribution in [1.29, 1.82) is 0 Å². The number of nitrogens with zero attached hydrogens (tertiary/aromatic N) is 4. The van der Waals surface area contributed by atoms with E-state index >= 15 is 0 Å². The monoisotopic (exact) mass is 658 g/mol. The summed E-state index contributed by atoms with van der Waals surface area (Å²) in [7, 11) is 0. The number of ketones is 1. The number of hydrogen-bond donors (Lipinski definition) is 0. The molecule has 11 nitrogen and oxygen atoms in total. The highest BCUT2D eigenvalue weighted by atomic mass is 19.1. The number of Topliss-reactive ketones (excluding diaryl/α,β-unsaturated/α-hetero) is 1. The molecule has 0 amide bonds. The molecule has 0 aromatic heterocycles. The fourth-order valence-electron chi connectivity index (χ4n) is 4.23. The smallest absolute Gasteiger partial charge is 0.359 e. The summed E-state index contributed by atoms with van der Waals surface area (Å²) in [5, 5.41) is 12.0. The highest BCUT2D eigenvalue weighted by Crippen LogP contribution is 2.20. The van der Waals surface area contributed by atoms with E-state index in [0.29, 0.717) is 24.3 Å². The van der Waals surface area contributed by atoms with Crippen LogP contribution in [-0.4, -0.2) is 90.1 Å². The van der Waals surface area contributed by atoms with Crippen LogP contribution >= 0.6 is 0 Å². The molecule has 47 heavy (non-hydrogen) atoms. The van der Waals surface area contributed by atoms with Crippen LogP contribution in [0.2, 0.25) is 0 Å². The normalized spacial score (nSPS) is 14.7. The lowest BCUT2D eigenvalue weighted by atomic mass is 9.93. The third-order valence-electron chi connectivity index (χ3n) is 6.69. The maximum absolute atomic E-state index is 13.2. The van der Waals surface area contributed by atoms with Gasteiger partial charge in [0.1, 0.15) is 23.3 Å². The number of hydrazone groups is 2. The molecule has 1 aliphatic rings.